The predicted octanol–water partition coefficient (Wildman–Crippen LogP) is 4.88. The summed E-state index contributed by atoms with van der Waals surface area (Å²) in [6.45, 7) is 5.51. The van der Waals surface area contributed by atoms with E-state index in [1.54, 1.807) is 0 Å². The van der Waals surface area contributed by atoms with Gasteiger partial charge in [0, 0.05) is 55.8 Å². The zero-order valence-electron chi connectivity index (χ0n) is 20.3. The number of benzene rings is 3. The first-order chi connectivity index (χ1) is 17.8. The Hall–Kier alpha value is -3.74. The van der Waals surface area contributed by atoms with E-state index in [1.807, 2.05) is 48.5 Å². The molecule has 0 atom stereocenters. The smallest absolute Gasteiger partial charge is 0.256 e. The van der Waals surface area contributed by atoms with Crippen LogP contribution in [0.25, 0.3) is 10.9 Å². The molecule has 36 heavy (non-hydrogen) atoms. The van der Waals surface area contributed by atoms with Crippen molar-refractivity contribution in [1.82, 2.24) is 9.88 Å². The van der Waals surface area contributed by atoms with Gasteiger partial charge in [0.2, 0.25) is 0 Å². The summed E-state index contributed by atoms with van der Waals surface area (Å²) in [6.07, 6.45) is 0.831. The molecule has 1 N–H and O–H groups in total. The van der Waals surface area contributed by atoms with Crippen LogP contribution in [-0.2, 0) is 24.2 Å². The molecular weight excluding hydrogens is 448 g/mol. The van der Waals surface area contributed by atoms with E-state index in [-0.39, 0.29) is 5.91 Å². The Labute approximate surface area is 211 Å². The van der Waals surface area contributed by atoms with Crippen molar-refractivity contribution in [3.63, 3.8) is 0 Å². The van der Waals surface area contributed by atoms with Crippen molar-refractivity contribution in [3.05, 3.63) is 101 Å². The second-order valence-corrected chi connectivity index (χ2v) is 9.45. The summed E-state index contributed by atoms with van der Waals surface area (Å²) in [5, 5.41) is 4.17. The lowest BCUT2D eigenvalue weighted by atomic mass is 9.94. The van der Waals surface area contributed by atoms with E-state index in [4.69, 9.17) is 9.72 Å². The van der Waals surface area contributed by atoms with Crippen molar-refractivity contribution in [2.24, 2.45) is 0 Å². The summed E-state index contributed by atoms with van der Waals surface area (Å²) in [4.78, 5) is 23.7. The van der Waals surface area contributed by atoms with Crippen molar-refractivity contribution < 1.29 is 9.53 Å². The molecule has 6 rings (SSSR count). The van der Waals surface area contributed by atoms with Gasteiger partial charge in [0.25, 0.3) is 5.91 Å². The van der Waals surface area contributed by atoms with Crippen LogP contribution in [0, 0.1) is 0 Å². The van der Waals surface area contributed by atoms with Crippen molar-refractivity contribution in [3.8, 4) is 0 Å². The average Bonchev–Trinajstić information content (AvgIpc) is 2.93. The standard InChI is InChI=1S/C30H30N4O2/c35-30(32-27-12-6-7-13-28(27)34-16-18-36-19-17-34)29-23-10-4-5-11-25(23)31-26-14-15-33(21-24(26)29)20-22-8-2-1-3-9-22/h1-13H,14-21H2,(H,32,35). The van der Waals surface area contributed by atoms with Crippen molar-refractivity contribution >= 4 is 28.2 Å². The Morgan fingerprint density at radius 2 is 1.64 bits per heavy atom. The molecule has 182 valence electrons. The average molecular weight is 479 g/mol. The maximum atomic E-state index is 14.0. The monoisotopic (exact) mass is 478 g/mol. The van der Waals surface area contributed by atoms with Crippen LogP contribution in [0.1, 0.15) is 27.2 Å². The number of anilines is 2. The number of ether oxygens (including phenoxy) is 1. The molecular formula is C30H30N4O2. The molecule has 0 spiro atoms. The van der Waals surface area contributed by atoms with E-state index in [0.29, 0.717) is 19.8 Å². The maximum absolute atomic E-state index is 14.0. The highest BCUT2D eigenvalue weighted by Crippen LogP contribution is 2.32. The predicted molar refractivity (Wildman–Crippen MR) is 143 cm³/mol. The van der Waals surface area contributed by atoms with E-state index < -0.39 is 0 Å². The molecule has 1 saturated heterocycles. The first kappa shape index (κ1) is 22.7. The quantitative estimate of drug-likeness (QED) is 0.443. The largest absolute Gasteiger partial charge is 0.378 e. The van der Waals surface area contributed by atoms with Gasteiger partial charge in [-0.25, -0.2) is 0 Å². The molecule has 1 amide bonds. The summed E-state index contributed by atoms with van der Waals surface area (Å²) < 4.78 is 5.53. The molecule has 1 fully saturated rings. The van der Waals surface area contributed by atoms with Crippen LogP contribution in [0.15, 0.2) is 78.9 Å². The number of pyridine rings is 1. The van der Waals surface area contributed by atoms with Crippen molar-refractivity contribution in [2.45, 2.75) is 19.5 Å². The van der Waals surface area contributed by atoms with Crippen LogP contribution >= 0.6 is 0 Å². The van der Waals surface area contributed by atoms with Gasteiger partial charge in [-0.2, -0.15) is 0 Å². The minimum absolute atomic E-state index is 0.0767. The van der Waals surface area contributed by atoms with Crippen LogP contribution in [0.4, 0.5) is 11.4 Å². The molecule has 4 aromatic rings. The number of carbonyl (C=O) groups is 1. The molecule has 6 heteroatoms. The number of nitrogens with one attached hydrogen (secondary N) is 1. The fourth-order valence-corrected chi connectivity index (χ4v) is 5.33. The van der Waals surface area contributed by atoms with Gasteiger partial charge < -0.3 is 15.0 Å². The zero-order chi connectivity index (χ0) is 24.3. The number of hydrogen-bond acceptors (Lipinski definition) is 5. The van der Waals surface area contributed by atoms with Crippen LogP contribution < -0.4 is 10.2 Å². The van der Waals surface area contributed by atoms with E-state index in [0.717, 1.165) is 71.7 Å². The third-order valence-corrected chi connectivity index (χ3v) is 7.11. The normalized spacial score (nSPS) is 16.1. The molecule has 0 unspecified atom stereocenters. The number of hydrogen-bond donors (Lipinski definition) is 1. The second kappa shape index (κ2) is 10.1. The first-order valence-corrected chi connectivity index (χ1v) is 12.7. The lowest BCUT2D eigenvalue weighted by Gasteiger charge is -2.31. The summed E-state index contributed by atoms with van der Waals surface area (Å²) >= 11 is 0. The van der Waals surface area contributed by atoms with E-state index in [2.05, 4.69) is 45.4 Å². The molecule has 3 heterocycles. The summed E-state index contributed by atoms with van der Waals surface area (Å²) in [5.41, 5.74) is 6.83. The van der Waals surface area contributed by atoms with Crippen LogP contribution in [0.3, 0.4) is 0 Å². The Morgan fingerprint density at radius 3 is 2.50 bits per heavy atom. The number of carbonyl (C=O) groups excluding carboxylic acids is 1. The van der Waals surface area contributed by atoms with Gasteiger partial charge in [-0.15, -0.1) is 0 Å². The van der Waals surface area contributed by atoms with Gasteiger partial charge in [-0.05, 0) is 23.8 Å². The highest BCUT2D eigenvalue weighted by Gasteiger charge is 2.27. The number of nitrogens with zero attached hydrogens (tertiary/aromatic N) is 3. The van der Waals surface area contributed by atoms with E-state index in [9.17, 15) is 4.79 Å². The van der Waals surface area contributed by atoms with Crippen molar-refractivity contribution in [1.29, 1.82) is 0 Å². The molecule has 0 aliphatic carbocycles. The first-order valence-electron chi connectivity index (χ1n) is 12.7. The minimum atomic E-state index is -0.0767. The minimum Gasteiger partial charge on any atom is -0.378 e. The van der Waals surface area contributed by atoms with Crippen LogP contribution in [0.5, 0.6) is 0 Å². The Balaban J connectivity index is 1.36. The highest BCUT2D eigenvalue weighted by atomic mass is 16.5. The van der Waals surface area contributed by atoms with E-state index >= 15 is 0 Å². The lowest BCUT2D eigenvalue weighted by Crippen LogP contribution is -2.37. The molecule has 2 aliphatic heterocycles. The number of aromatic nitrogens is 1. The maximum Gasteiger partial charge on any atom is 0.256 e. The molecule has 2 aliphatic rings. The number of morpholine rings is 1. The Bertz CT molecular complexity index is 1380. The van der Waals surface area contributed by atoms with Gasteiger partial charge in [-0.1, -0.05) is 60.7 Å². The topological polar surface area (TPSA) is 57.7 Å². The van der Waals surface area contributed by atoms with Gasteiger partial charge in [0.05, 0.1) is 35.7 Å². The molecule has 0 saturated carbocycles. The molecule has 1 aromatic heterocycles. The number of rotatable bonds is 5. The number of amides is 1. The molecule has 6 nitrogen and oxygen atoms in total. The second-order valence-electron chi connectivity index (χ2n) is 9.45. The number of fused-ring (bicyclic) bond motifs is 2. The van der Waals surface area contributed by atoms with Gasteiger partial charge >= 0.3 is 0 Å². The van der Waals surface area contributed by atoms with E-state index in [1.165, 1.54) is 5.56 Å². The van der Waals surface area contributed by atoms with Gasteiger partial charge in [-0.3, -0.25) is 14.7 Å². The fraction of sp³-hybridized carbons (Fsp3) is 0.267. The summed E-state index contributed by atoms with van der Waals surface area (Å²) in [6, 6.07) is 26.6. The third kappa shape index (κ3) is 4.57. The Kier molecular flexibility index (Phi) is 6.36. The van der Waals surface area contributed by atoms with Crippen molar-refractivity contribution in [2.75, 3.05) is 43.1 Å². The molecule has 3 aromatic carbocycles. The number of para-hydroxylation sites is 3. The summed E-state index contributed by atoms with van der Waals surface area (Å²) in [5.74, 6) is -0.0767. The van der Waals surface area contributed by atoms with Gasteiger partial charge in [0.15, 0.2) is 0 Å². The van der Waals surface area contributed by atoms with Crippen LogP contribution in [-0.4, -0.2) is 48.6 Å². The molecule has 0 radical (unpaired) electrons. The van der Waals surface area contributed by atoms with Crippen LogP contribution in [0.2, 0.25) is 0 Å². The third-order valence-electron chi connectivity index (χ3n) is 7.11. The lowest BCUT2D eigenvalue weighted by molar-refractivity contribution is 0.102. The summed E-state index contributed by atoms with van der Waals surface area (Å²) in [7, 11) is 0. The van der Waals surface area contributed by atoms with Gasteiger partial charge in [0.1, 0.15) is 0 Å². The Morgan fingerprint density at radius 1 is 0.889 bits per heavy atom. The zero-order valence-corrected chi connectivity index (χ0v) is 20.3. The highest BCUT2D eigenvalue weighted by molar-refractivity contribution is 6.14. The fourth-order valence-electron chi connectivity index (χ4n) is 5.33. The molecule has 0 bridgehead atoms. The SMILES string of the molecule is O=C(Nc1ccccc1N1CCOCC1)c1c2c(nc3ccccc13)CCN(Cc1ccccc1)C2.